The number of benzene rings is 1. The highest BCUT2D eigenvalue weighted by Gasteiger charge is 2.44. The van der Waals surface area contributed by atoms with E-state index in [0.717, 1.165) is 19.4 Å². The molecule has 1 N–H and O–H groups in total. The van der Waals surface area contributed by atoms with Gasteiger partial charge in [0.05, 0.1) is 0 Å². The molecule has 0 aromatic heterocycles. The number of hydrogen-bond donors (Lipinski definition) is 1. The molecule has 0 saturated carbocycles. The quantitative estimate of drug-likeness (QED) is 0.680. The molecule has 1 heterocycles. The molecule has 1 amide bonds. The maximum atomic E-state index is 11.4. The Hall–Kier alpha value is -1.31. The van der Waals surface area contributed by atoms with Crippen molar-refractivity contribution in [3.63, 3.8) is 0 Å². The predicted molar refractivity (Wildman–Crippen MR) is 58.8 cm³/mol. The molecule has 1 saturated heterocycles. The molecule has 1 atom stereocenters. The van der Waals surface area contributed by atoms with Gasteiger partial charge >= 0.3 is 0 Å². The third-order valence-corrected chi connectivity index (χ3v) is 3.83. The van der Waals surface area contributed by atoms with Crippen LogP contribution in [-0.2, 0) is 16.6 Å². The Morgan fingerprint density at radius 1 is 1.40 bits per heavy atom. The zero-order valence-corrected chi connectivity index (χ0v) is 8.97. The van der Waals surface area contributed by atoms with Gasteiger partial charge in [0, 0.05) is 18.4 Å². The van der Waals surface area contributed by atoms with Gasteiger partial charge in [-0.05, 0) is 30.9 Å². The smallest absolute Gasteiger partial charge is 0.220 e. The lowest BCUT2D eigenvalue weighted by atomic mass is 9.81. The summed E-state index contributed by atoms with van der Waals surface area (Å²) in [4.78, 5) is 11.4. The molecule has 2 heteroatoms. The highest BCUT2D eigenvalue weighted by atomic mass is 16.1. The van der Waals surface area contributed by atoms with E-state index in [9.17, 15) is 4.79 Å². The Bertz CT molecular complexity index is 438. The lowest BCUT2D eigenvalue weighted by molar-refractivity contribution is -0.119. The Labute approximate surface area is 89.7 Å². The van der Waals surface area contributed by atoms with E-state index in [1.165, 1.54) is 16.7 Å². The van der Waals surface area contributed by atoms with Crippen LogP contribution in [-0.4, -0.2) is 12.5 Å². The molecular formula is C13H15NO. The van der Waals surface area contributed by atoms with E-state index >= 15 is 0 Å². The average molecular weight is 201 g/mol. The molecule has 1 fully saturated rings. The van der Waals surface area contributed by atoms with Crippen molar-refractivity contribution in [1.29, 1.82) is 0 Å². The zero-order chi connectivity index (χ0) is 10.5. The fourth-order valence-electron chi connectivity index (χ4n) is 3.02. The van der Waals surface area contributed by atoms with Crippen LogP contribution in [0.1, 0.15) is 29.5 Å². The molecule has 1 aromatic rings. The molecule has 0 bridgehead atoms. The topological polar surface area (TPSA) is 29.1 Å². The first kappa shape index (κ1) is 8.96. The van der Waals surface area contributed by atoms with Gasteiger partial charge in [0.1, 0.15) is 0 Å². The first-order valence-electron chi connectivity index (χ1n) is 5.56. The van der Waals surface area contributed by atoms with E-state index in [4.69, 9.17) is 0 Å². The Balaban J connectivity index is 2.08. The third-order valence-electron chi connectivity index (χ3n) is 3.83. The summed E-state index contributed by atoms with van der Waals surface area (Å²) < 4.78 is 0. The summed E-state index contributed by atoms with van der Waals surface area (Å²) in [5.41, 5.74) is 4.31. The summed E-state index contributed by atoms with van der Waals surface area (Å²) in [6, 6.07) is 6.65. The number of amides is 1. The fourth-order valence-corrected chi connectivity index (χ4v) is 3.02. The summed E-state index contributed by atoms with van der Waals surface area (Å²) in [6.07, 6.45) is 2.94. The highest BCUT2D eigenvalue weighted by Crippen LogP contribution is 2.43. The minimum atomic E-state index is 0.125. The van der Waals surface area contributed by atoms with Gasteiger partial charge < -0.3 is 5.32 Å². The molecule has 78 valence electrons. The largest absolute Gasteiger partial charge is 0.355 e. The van der Waals surface area contributed by atoms with Crippen LogP contribution in [0.15, 0.2) is 18.2 Å². The van der Waals surface area contributed by atoms with E-state index in [2.05, 4.69) is 30.4 Å². The summed E-state index contributed by atoms with van der Waals surface area (Å²) in [6.45, 7) is 2.96. The van der Waals surface area contributed by atoms with Crippen molar-refractivity contribution >= 4 is 5.91 Å². The number of aryl methyl sites for hydroxylation is 2. The van der Waals surface area contributed by atoms with Crippen molar-refractivity contribution in [3.8, 4) is 0 Å². The monoisotopic (exact) mass is 201 g/mol. The molecule has 1 unspecified atom stereocenters. The number of hydrogen-bond acceptors (Lipinski definition) is 1. The van der Waals surface area contributed by atoms with Gasteiger partial charge in [0.15, 0.2) is 0 Å². The van der Waals surface area contributed by atoms with Crippen LogP contribution in [0.5, 0.6) is 0 Å². The molecule has 1 aromatic carbocycles. The van der Waals surface area contributed by atoms with Crippen molar-refractivity contribution in [2.75, 3.05) is 6.54 Å². The highest BCUT2D eigenvalue weighted by molar-refractivity contribution is 5.81. The second kappa shape index (κ2) is 2.84. The van der Waals surface area contributed by atoms with Gasteiger partial charge in [0.25, 0.3) is 0 Å². The van der Waals surface area contributed by atoms with Gasteiger partial charge in [-0.3, -0.25) is 4.79 Å². The average Bonchev–Trinajstić information content (AvgIpc) is 2.73. The van der Waals surface area contributed by atoms with Gasteiger partial charge in [-0.2, -0.15) is 0 Å². The normalized spacial score (nSPS) is 28.2. The maximum absolute atomic E-state index is 11.4. The molecular weight excluding hydrogens is 186 g/mol. The van der Waals surface area contributed by atoms with E-state index < -0.39 is 0 Å². The van der Waals surface area contributed by atoms with Crippen LogP contribution in [0.25, 0.3) is 0 Å². The summed E-state index contributed by atoms with van der Waals surface area (Å²) in [5.74, 6) is 0.212. The van der Waals surface area contributed by atoms with Gasteiger partial charge in [0.2, 0.25) is 5.91 Å². The Kier molecular flexibility index (Phi) is 1.70. The molecule has 1 aliphatic carbocycles. The molecule has 15 heavy (non-hydrogen) atoms. The number of fused-ring (bicyclic) bond motifs is 2. The zero-order valence-electron chi connectivity index (χ0n) is 8.97. The number of rotatable bonds is 0. The molecule has 1 spiro atoms. The second-order valence-electron chi connectivity index (χ2n) is 4.89. The van der Waals surface area contributed by atoms with E-state index in [1.807, 2.05) is 0 Å². The number of carbonyl (C=O) groups excluding carboxylic acids is 1. The summed E-state index contributed by atoms with van der Waals surface area (Å²) in [5, 5.41) is 2.97. The van der Waals surface area contributed by atoms with E-state index in [-0.39, 0.29) is 11.3 Å². The Morgan fingerprint density at radius 2 is 2.27 bits per heavy atom. The van der Waals surface area contributed by atoms with Crippen molar-refractivity contribution in [1.82, 2.24) is 5.32 Å². The summed E-state index contributed by atoms with van der Waals surface area (Å²) >= 11 is 0. The Morgan fingerprint density at radius 3 is 3.00 bits per heavy atom. The van der Waals surface area contributed by atoms with Crippen LogP contribution < -0.4 is 5.32 Å². The van der Waals surface area contributed by atoms with Crippen LogP contribution in [0.4, 0.5) is 0 Å². The van der Waals surface area contributed by atoms with Crippen molar-refractivity contribution in [2.45, 2.75) is 31.6 Å². The molecule has 0 radical (unpaired) electrons. The van der Waals surface area contributed by atoms with E-state index in [1.54, 1.807) is 0 Å². The van der Waals surface area contributed by atoms with Crippen molar-refractivity contribution < 1.29 is 4.79 Å². The van der Waals surface area contributed by atoms with Crippen LogP contribution in [0.3, 0.4) is 0 Å². The molecule has 2 nitrogen and oxygen atoms in total. The number of carbonyl (C=O) groups is 1. The lowest BCUT2D eigenvalue weighted by Gasteiger charge is -2.21. The van der Waals surface area contributed by atoms with Gasteiger partial charge in [-0.15, -0.1) is 0 Å². The third kappa shape index (κ3) is 1.21. The van der Waals surface area contributed by atoms with Gasteiger partial charge in [-0.1, -0.05) is 23.8 Å². The second-order valence-corrected chi connectivity index (χ2v) is 4.89. The molecule has 2 aliphatic rings. The first-order valence-corrected chi connectivity index (χ1v) is 5.56. The SMILES string of the molecule is Cc1ccc2c(c1)CCC21CNC(=O)C1. The predicted octanol–water partition coefficient (Wildman–Crippen LogP) is 1.70. The minimum absolute atomic E-state index is 0.125. The minimum Gasteiger partial charge on any atom is -0.355 e. The number of nitrogens with one attached hydrogen (secondary N) is 1. The van der Waals surface area contributed by atoms with Crippen LogP contribution in [0.2, 0.25) is 0 Å². The summed E-state index contributed by atoms with van der Waals surface area (Å²) in [7, 11) is 0. The molecule has 3 rings (SSSR count). The maximum Gasteiger partial charge on any atom is 0.220 e. The van der Waals surface area contributed by atoms with Gasteiger partial charge in [-0.25, -0.2) is 0 Å². The van der Waals surface area contributed by atoms with Crippen molar-refractivity contribution in [2.24, 2.45) is 0 Å². The fraction of sp³-hybridized carbons (Fsp3) is 0.462. The lowest BCUT2D eigenvalue weighted by Crippen LogP contribution is -2.25. The van der Waals surface area contributed by atoms with Crippen molar-refractivity contribution in [3.05, 3.63) is 34.9 Å². The molecule has 1 aliphatic heterocycles. The standard InChI is InChI=1S/C13H15NO/c1-9-2-3-11-10(6-9)4-5-13(11)7-12(15)14-8-13/h2-3,6H,4-5,7-8H2,1H3,(H,14,15). The first-order chi connectivity index (χ1) is 7.20. The van der Waals surface area contributed by atoms with Crippen LogP contribution in [0, 0.1) is 6.92 Å². The van der Waals surface area contributed by atoms with Crippen LogP contribution >= 0.6 is 0 Å². The van der Waals surface area contributed by atoms with E-state index in [0.29, 0.717) is 6.42 Å².